The first-order chi connectivity index (χ1) is 16.8. The molecule has 0 fully saturated rings. The Morgan fingerprint density at radius 3 is 1.44 bits per heavy atom. The highest BCUT2D eigenvalue weighted by molar-refractivity contribution is 7.99. The lowest BCUT2D eigenvalue weighted by atomic mass is 10.2. The predicted octanol–water partition coefficient (Wildman–Crippen LogP) is 2.86. The molecule has 0 N–H and O–H groups in total. The minimum Gasteiger partial charge on any atom is -0.274 e. The molecule has 0 atom stereocenters. The van der Waals surface area contributed by atoms with Crippen LogP contribution >= 0.6 is 23.5 Å². The number of fused-ring (bicyclic) bond motifs is 2. The highest BCUT2D eigenvalue weighted by atomic mass is 32.2. The molecule has 0 spiro atoms. The van der Waals surface area contributed by atoms with Crippen molar-refractivity contribution in [1.82, 2.24) is 28.9 Å². The smallest absolute Gasteiger partial charge is 0.274 e. The van der Waals surface area contributed by atoms with E-state index in [0.717, 1.165) is 32.7 Å². The lowest BCUT2D eigenvalue weighted by molar-refractivity contribution is -0.138. The third-order valence-electron chi connectivity index (χ3n) is 5.35. The first kappa shape index (κ1) is 26.9. The number of alkyl halides is 8. The van der Waals surface area contributed by atoms with Gasteiger partial charge in [-0.2, -0.15) is 17.6 Å². The molecule has 0 amide bonds. The van der Waals surface area contributed by atoms with Crippen molar-refractivity contribution < 1.29 is 35.1 Å². The van der Waals surface area contributed by atoms with Crippen LogP contribution in [-0.2, 0) is 25.2 Å². The number of rotatable bonds is 7. The van der Waals surface area contributed by atoms with E-state index in [9.17, 15) is 44.7 Å². The van der Waals surface area contributed by atoms with Crippen LogP contribution in [0.15, 0.2) is 32.0 Å². The monoisotopic (exact) mass is 564 g/mol. The molecule has 36 heavy (non-hydrogen) atoms. The van der Waals surface area contributed by atoms with Gasteiger partial charge in [-0.1, -0.05) is 23.5 Å². The van der Waals surface area contributed by atoms with E-state index in [4.69, 9.17) is 0 Å². The molecule has 2 aliphatic rings. The van der Waals surface area contributed by atoms with Crippen molar-refractivity contribution in [3.63, 3.8) is 0 Å². The summed E-state index contributed by atoms with van der Waals surface area (Å²) in [5.74, 6) is -8.70. The van der Waals surface area contributed by atoms with Gasteiger partial charge in [-0.25, -0.2) is 27.5 Å². The van der Waals surface area contributed by atoms with E-state index in [0.29, 0.717) is 25.2 Å². The third kappa shape index (κ3) is 5.12. The summed E-state index contributed by atoms with van der Waals surface area (Å²) in [7, 11) is 0. The Morgan fingerprint density at radius 2 is 1.11 bits per heavy atom. The Hall–Kier alpha value is -2.18. The van der Waals surface area contributed by atoms with Gasteiger partial charge in [0.1, 0.15) is 11.4 Å². The largest absolute Gasteiger partial charge is 0.349 e. The van der Waals surface area contributed by atoms with Crippen LogP contribution in [0.1, 0.15) is 11.4 Å². The number of thioether (sulfide) groups is 2. The standard InChI is InChI=1S/C18H16F8N6O2S2/c19-13(20)17(23,24)9-3-11(33)31-5-29(7-35-15(31)27-9)1-2-30-6-32-12(34)4-10(18(25,26)14(21)22)28-16(32)36-8-30/h3-4,13-14H,1-2,5-8H2. The second kappa shape index (κ2) is 9.94. The Bertz CT molecular complexity index is 1160. The average Bonchev–Trinajstić information content (AvgIpc) is 2.82. The van der Waals surface area contributed by atoms with E-state index >= 15 is 0 Å². The van der Waals surface area contributed by atoms with E-state index in [1.807, 2.05) is 0 Å². The number of hydrogen-bond acceptors (Lipinski definition) is 8. The van der Waals surface area contributed by atoms with Crippen molar-refractivity contribution in [2.24, 2.45) is 0 Å². The molecule has 198 valence electrons. The van der Waals surface area contributed by atoms with Gasteiger partial charge in [0.05, 0.1) is 25.1 Å². The van der Waals surface area contributed by atoms with Gasteiger partial charge >= 0.3 is 24.7 Å². The number of nitrogens with zero attached hydrogens (tertiary/aromatic N) is 6. The van der Waals surface area contributed by atoms with Crippen molar-refractivity contribution in [3.8, 4) is 0 Å². The Kier molecular flexibility index (Phi) is 7.42. The summed E-state index contributed by atoms with van der Waals surface area (Å²) in [5, 5.41) is -0.240. The lowest BCUT2D eigenvalue weighted by Crippen LogP contribution is -2.44. The molecule has 0 saturated carbocycles. The van der Waals surface area contributed by atoms with Crippen LogP contribution in [0.25, 0.3) is 0 Å². The molecule has 0 saturated heterocycles. The molecule has 0 aromatic carbocycles. The van der Waals surface area contributed by atoms with E-state index < -0.39 is 47.2 Å². The van der Waals surface area contributed by atoms with Gasteiger partial charge in [-0.05, 0) is 0 Å². The van der Waals surface area contributed by atoms with Gasteiger partial charge in [0.15, 0.2) is 10.3 Å². The zero-order chi connectivity index (χ0) is 26.4. The molecular formula is C18H16F8N6O2S2. The summed E-state index contributed by atoms with van der Waals surface area (Å²) in [5.41, 5.74) is -4.42. The van der Waals surface area contributed by atoms with Gasteiger partial charge in [0.25, 0.3) is 11.1 Å². The highest BCUT2D eigenvalue weighted by Gasteiger charge is 2.46. The maximum Gasteiger partial charge on any atom is 0.349 e. The van der Waals surface area contributed by atoms with Gasteiger partial charge in [0.2, 0.25) is 0 Å². The van der Waals surface area contributed by atoms with Crippen LogP contribution in [0, 0.1) is 0 Å². The zero-order valence-corrected chi connectivity index (χ0v) is 19.5. The molecule has 0 unspecified atom stereocenters. The highest BCUT2D eigenvalue weighted by Crippen LogP contribution is 2.35. The van der Waals surface area contributed by atoms with Crippen LogP contribution in [0.2, 0.25) is 0 Å². The second-order valence-corrected chi connectivity index (χ2v) is 9.67. The number of aromatic nitrogens is 4. The average molecular weight is 564 g/mol. The molecule has 8 nitrogen and oxygen atoms in total. The van der Waals surface area contributed by atoms with Crippen molar-refractivity contribution in [3.05, 3.63) is 44.2 Å². The molecule has 4 rings (SSSR count). The summed E-state index contributed by atoms with van der Waals surface area (Å²) < 4.78 is 107. The molecular weight excluding hydrogens is 548 g/mol. The molecule has 0 aliphatic carbocycles. The fraction of sp³-hybridized carbons (Fsp3) is 0.556. The van der Waals surface area contributed by atoms with E-state index in [-0.39, 0.29) is 35.4 Å². The van der Waals surface area contributed by atoms with E-state index in [1.165, 1.54) is 0 Å². The number of hydrogen-bond donors (Lipinski definition) is 0. The van der Waals surface area contributed by atoms with Crippen molar-refractivity contribution in [1.29, 1.82) is 0 Å². The Balaban J connectivity index is 1.41. The second-order valence-electron chi connectivity index (χ2n) is 7.85. The first-order valence-electron chi connectivity index (χ1n) is 10.1. The lowest BCUT2D eigenvalue weighted by Gasteiger charge is -2.33. The molecule has 18 heteroatoms. The molecule has 2 aliphatic heterocycles. The van der Waals surface area contributed by atoms with Crippen LogP contribution < -0.4 is 11.1 Å². The summed E-state index contributed by atoms with van der Waals surface area (Å²) in [6.45, 7) is 0.570. The number of halogens is 8. The van der Waals surface area contributed by atoms with Crippen molar-refractivity contribution in [2.45, 2.75) is 48.3 Å². The maximum absolute atomic E-state index is 13.6. The molecule has 0 bridgehead atoms. The summed E-state index contributed by atoms with van der Waals surface area (Å²) in [6.07, 6.45) is -8.03. The van der Waals surface area contributed by atoms with Crippen LogP contribution in [0.5, 0.6) is 0 Å². The molecule has 0 radical (unpaired) electrons. The third-order valence-corrected chi connectivity index (χ3v) is 7.47. The Labute approximate surface area is 205 Å². The van der Waals surface area contributed by atoms with E-state index in [1.54, 1.807) is 9.80 Å². The summed E-state index contributed by atoms with van der Waals surface area (Å²) in [6, 6.07) is 0.756. The minimum absolute atomic E-state index is 0.0418. The van der Waals surface area contributed by atoms with Crippen LogP contribution in [0.3, 0.4) is 0 Å². The molecule has 4 heterocycles. The Morgan fingerprint density at radius 1 is 0.750 bits per heavy atom. The van der Waals surface area contributed by atoms with Gasteiger partial charge in [-0.15, -0.1) is 0 Å². The first-order valence-corrected chi connectivity index (χ1v) is 12.0. The van der Waals surface area contributed by atoms with Crippen LogP contribution in [-0.4, -0.2) is 66.6 Å². The normalized spacial score (nSPS) is 17.5. The van der Waals surface area contributed by atoms with Crippen molar-refractivity contribution in [2.75, 3.05) is 24.8 Å². The van der Waals surface area contributed by atoms with Gasteiger partial charge in [-0.3, -0.25) is 28.5 Å². The maximum atomic E-state index is 13.6. The summed E-state index contributed by atoms with van der Waals surface area (Å²) >= 11 is 1.83. The van der Waals surface area contributed by atoms with Gasteiger partial charge in [0, 0.05) is 25.2 Å². The van der Waals surface area contributed by atoms with Crippen LogP contribution in [0.4, 0.5) is 35.1 Å². The SMILES string of the molecule is O=c1cc(C(F)(F)C(F)F)nc2n1CN(CCN1CSc3nc(C(F)(F)C(F)F)cc(=O)n3C1)CS2. The fourth-order valence-corrected chi connectivity index (χ4v) is 5.30. The zero-order valence-electron chi connectivity index (χ0n) is 17.9. The topological polar surface area (TPSA) is 76.3 Å². The van der Waals surface area contributed by atoms with E-state index in [2.05, 4.69) is 9.97 Å². The molecule has 2 aromatic rings. The molecule has 2 aromatic heterocycles. The summed E-state index contributed by atoms with van der Waals surface area (Å²) in [4.78, 5) is 35.1. The quantitative estimate of drug-likeness (QED) is 0.376. The predicted molar refractivity (Wildman–Crippen MR) is 112 cm³/mol. The fourth-order valence-electron chi connectivity index (χ4n) is 3.35. The minimum atomic E-state index is -4.56. The van der Waals surface area contributed by atoms with Gasteiger partial charge < -0.3 is 0 Å². The van der Waals surface area contributed by atoms with Crippen molar-refractivity contribution >= 4 is 23.5 Å².